The fourth-order valence-electron chi connectivity index (χ4n) is 13.8. The van der Waals surface area contributed by atoms with Crippen molar-refractivity contribution in [2.75, 3.05) is 44.8 Å². The first-order valence-electron chi connectivity index (χ1n) is 38.9. The maximum absolute atomic E-state index is 11.9. The lowest BCUT2D eigenvalue weighted by Gasteiger charge is -2.17. The number of aliphatic carboxylic acids is 1. The number of carboxylic acid groups (broad SMARTS) is 1. The Balaban J connectivity index is 0.000000226. The first kappa shape index (κ1) is 98.0. The zero-order valence-electron chi connectivity index (χ0n) is 69.6. The Morgan fingerprint density at radius 2 is 0.621 bits per heavy atom. The van der Waals surface area contributed by atoms with Crippen molar-refractivity contribution >= 4 is 77.0 Å². The summed E-state index contributed by atoms with van der Waals surface area (Å²) in [6.45, 7) is 14.1. The smallest absolute Gasteiger partial charge is 0.306 e. The normalized spacial score (nSPS) is 10.9. The second kappa shape index (κ2) is 44.1. The van der Waals surface area contributed by atoms with E-state index in [1.165, 1.54) is 17.4 Å². The lowest BCUT2D eigenvalue weighted by Crippen LogP contribution is -2.12. The van der Waals surface area contributed by atoms with Crippen LogP contribution in [-0.4, -0.2) is 129 Å². The Morgan fingerprint density at radius 1 is 0.371 bits per heavy atom. The maximum Gasteiger partial charge on any atom is 0.306 e. The number of carbonyl (C=O) groups is 6. The van der Waals surface area contributed by atoms with Gasteiger partial charge in [0.05, 0.1) is 106 Å². The molecule has 8 aromatic carbocycles. The van der Waals surface area contributed by atoms with Crippen molar-refractivity contribution in [3.63, 3.8) is 0 Å². The van der Waals surface area contributed by atoms with Crippen molar-refractivity contribution in [3.8, 4) is 79.9 Å². The molecule has 5 N–H and O–H groups in total. The number of rotatable bonds is 29. The van der Waals surface area contributed by atoms with Crippen LogP contribution < -0.4 is 11.5 Å². The average Bonchev–Trinajstić information content (AvgIpc) is 1.64. The quantitative estimate of drug-likeness (QED) is 0.0223. The number of hydrogen-bond donors (Lipinski definition) is 3. The summed E-state index contributed by atoms with van der Waals surface area (Å²) in [7, 11) is -9.90. The lowest BCUT2D eigenvalue weighted by atomic mass is 10.1. The van der Waals surface area contributed by atoms with E-state index >= 15 is 0 Å². The summed E-state index contributed by atoms with van der Waals surface area (Å²) < 4.78 is 94.1. The SMILES string of the molecule is C.C.CCOC(=O)CCc1ccc(-c2ccc(S(C)(=O)=O)cc2)n1-c1ccc(C#N)cc1C.CCOC(=O)CCc1ccc(-c2ccc(S(C)(=O)=O)cc2)n1-c1ccc(C(N)=O)cc1C.CCOC(=O)CCc1ccc(-c2ccc(SC)cc2)n1-c1ccc(C#N)cc1C.Cc1cc(C(N)=O)ccc1-n1c(CCC(=O)O)ccc1-c1ccc(S(C)(=O)=O)cc1. The molecule has 124 heavy (non-hydrogen) atoms. The van der Waals surface area contributed by atoms with Crippen LogP contribution in [0.4, 0.5) is 0 Å². The van der Waals surface area contributed by atoms with Gasteiger partial charge in [-0.25, -0.2) is 25.3 Å². The highest BCUT2D eigenvalue weighted by Crippen LogP contribution is 2.36. The number of esters is 3. The summed E-state index contributed by atoms with van der Waals surface area (Å²) in [5.41, 5.74) is 30.6. The van der Waals surface area contributed by atoms with Crippen LogP contribution in [0, 0.1) is 50.4 Å². The number of sulfone groups is 3. The van der Waals surface area contributed by atoms with Gasteiger partial charge >= 0.3 is 23.9 Å². The molecule has 648 valence electrons. The van der Waals surface area contributed by atoms with E-state index in [1.807, 2.05) is 121 Å². The summed E-state index contributed by atoms with van der Waals surface area (Å²) in [5.74, 6) is -2.66. The third-order valence-electron chi connectivity index (χ3n) is 19.8. The number of nitrogens with two attached hydrogens (primary N) is 2. The van der Waals surface area contributed by atoms with Crippen LogP contribution in [0.2, 0.25) is 0 Å². The molecule has 0 aliphatic rings. The van der Waals surface area contributed by atoms with Gasteiger partial charge in [-0.05, 0) is 295 Å². The van der Waals surface area contributed by atoms with Gasteiger partial charge in [0.2, 0.25) is 11.8 Å². The highest BCUT2D eigenvalue weighted by Gasteiger charge is 2.23. The summed E-state index contributed by atoms with van der Waals surface area (Å²) in [4.78, 5) is 71.8. The molecule has 4 aromatic heterocycles. The predicted octanol–water partition coefficient (Wildman–Crippen LogP) is 17.5. The molecule has 0 spiro atoms. The number of primary amides is 2. The number of carbonyl (C=O) groups excluding carboxylic acids is 5. The van der Waals surface area contributed by atoms with E-state index in [9.17, 15) is 64.5 Å². The third-order valence-corrected chi connectivity index (χ3v) is 23.9. The van der Waals surface area contributed by atoms with E-state index in [2.05, 4.69) is 59.4 Å². The van der Waals surface area contributed by atoms with E-state index < -0.39 is 47.3 Å². The summed E-state index contributed by atoms with van der Waals surface area (Å²) >= 11 is 1.71. The molecule has 0 atom stereocenters. The zero-order chi connectivity index (χ0) is 88.9. The number of benzene rings is 8. The molecule has 0 saturated heterocycles. The Hall–Kier alpha value is -13.1. The van der Waals surface area contributed by atoms with Gasteiger partial charge in [0, 0.05) is 80.3 Å². The van der Waals surface area contributed by atoms with Crippen LogP contribution in [-0.2, 0) is 88.6 Å². The largest absolute Gasteiger partial charge is 0.481 e. The number of aromatic nitrogens is 4. The number of nitrogens with zero attached hydrogens (tertiary/aromatic N) is 6. The molecule has 0 bridgehead atoms. The molecular formula is C96H104N8O16S4. The molecule has 2 amide bonds. The topological polar surface area (TPSA) is 372 Å². The molecule has 0 fully saturated rings. The molecule has 4 heterocycles. The van der Waals surface area contributed by atoms with E-state index in [0.29, 0.717) is 74.2 Å². The van der Waals surface area contributed by atoms with Gasteiger partial charge in [0.25, 0.3) is 0 Å². The molecule has 28 heteroatoms. The number of carboxylic acids is 1. The highest BCUT2D eigenvalue weighted by atomic mass is 32.2. The summed E-state index contributed by atoms with van der Waals surface area (Å²) in [6.07, 6.45) is 8.17. The molecule has 12 aromatic rings. The van der Waals surface area contributed by atoms with E-state index in [1.54, 1.807) is 135 Å². The Bertz CT molecular complexity index is 6310. The molecule has 0 aliphatic heterocycles. The van der Waals surface area contributed by atoms with Crippen molar-refractivity contribution in [2.45, 2.75) is 134 Å². The zero-order valence-corrected chi connectivity index (χ0v) is 72.9. The van der Waals surface area contributed by atoms with E-state index in [0.717, 1.165) is 119 Å². The summed E-state index contributed by atoms with van der Waals surface area (Å²) in [5, 5.41) is 27.5. The number of nitriles is 2. The molecule has 0 aliphatic carbocycles. The monoisotopic (exact) mass is 1750 g/mol. The first-order chi connectivity index (χ1) is 58.0. The van der Waals surface area contributed by atoms with Crippen LogP contribution in [0.1, 0.15) is 138 Å². The fourth-order valence-corrected chi connectivity index (χ4v) is 16.1. The van der Waals surface area contributed by atoms with Gasteiger partial charge in [-0.15, -0.1) is 11.8 Å². The molecule has 24 nitrogen and oxygen atoms in total. The Labute approximate surface area is 730 Å². The number of hydrogen-bond acceptors (Lipinski definition) is 18. The fraction of sp³-hybridized carbons (Fsp3) is 0.250. The minimum absolute atomic E-state index is 0. The highest BCUT2D eigenvalue weighted by molar-refractivity contribution is 7.98. The van der Waals surface area contributed by atoms with Crippen LogP contribution in [0.5, 0.6) is 0 Å². The van der Waals surface area contributed by atoms with Crippen molar-refractivity contribution in [1.82, 2.24) is 18.3 Å². The van der Waals surface area contributed by atoms with Crippen LogP contribution in [0.3, 0.4) is 0 Å². The van der Waals surface area contributed by atoms with Gasteiger partial charge in [-0.3, -0.25) is 28.8 Å². The summed E-state index contributed by atoms with van der Waals surface area (Å²) in [6, 6.07) is 69.8. The molecular weight excluding hydrogens is 1650 g/mol. The minimum atomic E-state index is -3.31. The second-order valence-electron chi connectivity index (χ2n) is 28.6. The number of ether oxygens (including phenoxy) is 3. The number of thioether (sulfide) groups is 1. The van der Waals surface area contributed by atoms with Crippen LogP contribution in [0.15, 0.2) is 238 Å². The first-order valence-corrected chi connectivity index (χ1v) is 45.8. The van der Waals surface area contributed by atoms with E-state index in [-0.39, 0.29) is 66.7 Å². The van der Waals surface area contributed by atoms with Gasteiger partial charge in [0.15, 0.2) is 29.5 Å². The maximum atomic E-state index is 11.9. The van der Waals surface area contributed by atoms with E-state index in [4.69, 9.17) is 30.8 Å². The predicted molar refractivity (Wildman–Crippen MR) is 486 cm³/mol. The lowest BCUT2D eigenvalue weighted by molar-refractivity contribution is -0.144. The standard InChI is InChI=1S/C24H26N2O5S.C24H24N2O4S.C24H24N2O2S.C22H22N2O5S.2CH4/c1-4-31-23(27)14-9-19-8-13-22(17-5-10-20(11-6-17)32(3,29)30)26(19)21-12-7-18(24(25)28)15-16(21)2;1-4-30-24(27)14-9-20-8-13-23(19-6-10-21(11-7-19)31(3,28)29)26(20)22-12-5-18(16-25)15-17(22)2;1-4-28-24(27)14-9-20-8-13-23(19-6-10-21(29-3)11-7-19)26(20)22-12-5-18(16-25)15-17(22)2;1-14-13-16(22(23)27)5-10-19(14)24-17(7-12-21(25)26)6-11-20(24)15-3-8-18(9-4-15)30(2,28)29;;/h5-8,10-13,15H,4,9,14H2,1-3H3,(H2,25,28);5-8,10-13,15H,4,9,14H2,1-3H3;5-8,10-13,15H,4,9,14H2,1-3H3;3-6,8-11,13H,7,12H2,1-2H3,(H2,23,27)(H,25,26);2*1H4. The minimum Gasteiger partial charge on any atom is -0.481 e. The average molecular weight is 1750 g/mol. The van der Waals surface area contributed by atoms with Gasteiger partial charge in [-0.2, -0.15) is 10.5 Å². The Morgan fingerprint density at radius 3 is 0.839 bits per heavy atom. The van der Waals surface area contributed by atoms with Gasteiger partial charge < -0.3 is 49.1 Å². The third kappa shape index (κ3) is 25.3. The molecule has 12 rings (SSSR count). The van der Waals surface area contributed by atoms with Crippen molar-refractivity contribution in [2.24, 2.45) is 11.5 Å². The molecule has 0 radical (unpaired) electrons. The van der Waals surface area contributed by atoms with Gasteiger partial charge in [-0.1, -0.05) is 63.4 Å². The van der Waals surface area contributed by atoms with Gasteiger partial charge in [0.1, 0.15) is 0 Å². The van der Waals surface area contributed by atoms with Crippen molar-refractivity contribution < 1.29 is 73.3 Å². The van der Waals surface area contributed by atoms with Crippen LogP contribution >= 0.6 is 11.8 Å². The van der Waals surface area contributed by atoms with Crippen molar-refractivity contribution in [1.29, 1.82) is 10.5 Å². The number of amides is 2. The second-order valence-corrected chi connectivity index (χ2v) is 35.5. The number of aryl methyl sites for hydroxylation is 8. The molecule has 0 unspecified atom stereocenters. The molecule has 0 saturated carbocycles. The van der Waals surface area contributed by atoms with Crippen LogP contribution in [0.25, 0.3) is 67.8 Å². The van der Waals surface area contributed by atoms with Crippen molar-refractivity contribution in [3.05, 3.63) is 286 Å². The Kier molecular flexibility index (Phi) is 34.8.